The minimum Gasteiger partial charge on any atom is -0.361 e. The van der Waals surface area contributed by atoms with Crippen molar-refractivity contribution >= 4 is 38.7 Å². The van der Waals surface area contributed by atoms with Crippen molar-refractivity contribution in [1.29, 1.82) is 0 Å². The van der Waals surface area contributed by atoms with Crippen LogP contribution in [0.1, 0.15) is 15.9 Å². The molecule has 0 amide bonds. The fourth-order valence-corrected chi connectivity index (χ4v) is 2.53. The molecule has 0 bridgehead atoms. The number of allylic oxidation sites excluding steroid dienone is 1. The zero-order valence-corrected chi connectivity index (χ0v) is 12.2. The number of carbonyl (C=O) groups is 1. The number of hydrogen-bond donors (Lipinski definition) is 1. The predicted octanol–water partition coefficient (Wildman–Crippen LogP) is 4.83. The molecular weight excluding hydrogens is 314 g/mol. The van der Waals surface area contributed by atoms with Crippen molar-refractivity contribution in [3.8, 4) is 0 Å². The molecule has 20 heavy (non-hydrogen) atoms. The maximum atomic E-state index is 12.1. The number of aromatic amines is 1. The molecule has 0 aliphatic heterocycles. The van der Waals surface area contributed by atoms with Crippen LogP contribution >= 0.6 is 15.9 Å². The molecule has 0 aliphatic carbocycles. The van der Waals surface area contributed by atoms with E-state index in [4.69, 9.17) is 0 Å². The van der Waals surface area contributed by atoms with E-state index in [1.165, 1.54) is 0 Å². The maximum Gasteiger partial charge on any atom is 0.185 e. The van der Waals surface area contributed by atoms with E-state index in [-0.39, 0.29) is 5.78 Å². The molecule has 2 nitrogen and oxygen atoms in total. The third kappa shape index (κ3) is 2.58. The first-order valence-electron chi connectivity index (χ1n) is 6.28. The Kier molecular flexibility index (Phi) is 3.52. The molecular formula is C17H12BrNO. The fraction of sp³-hybridized carbons (Fsp3) is 0. The summed E-state index contributed by atoms with van der Waals surface area (Å²) in [6, 6.07) is 15.4. The summed E-state index contributed by atoms with van der Waals surface area (Å²) >= 11 is 3.37. The number of fused-ring (bicyclic) bond motifs is 1. The molecule has 0 radical (unpaired) electrons. The van der Waals surface area contributed by atoms with Crippen molar-refractivity contribution in [3.05, 3.63) is 76.4 Å². The molecule has 0 atom stereocenters. The molecule has 98 valence electrons. The summed E-state index contributed by atoms with van der Waals surface area (Å²) in [6.45, 7) is 0. The van der Waals surface area contributed by atoms with Crippen molar-refractivity contribution in [2.24, 2.45) is 0 Å². The van der Waals surface area contributed by atoms with Gasteiger partial charge in [0.05, 0.1) is 0 Å². The monoisotopic (exact) mass is 325 g/mol. The van der Waals surface area contributed by atoms with Crippen molar-refractivity contribution < 1.29 is 4.79 Å². The summed E-state index contributed by atoms with van der Waals surface area (Å²) in [6.07, 6.45) is 5.37. The highest BCUT2D eigenvalue weighted by molar-refractivity contribution is 9.10. The number of hydrogen-bond acceptors (Lipinski definition) is 1. The van der Waals surface area contributed by atoms with Gasteiger partial charge in [-0.1, -0.05) is 46.3 Å². The normalized spacial score (nSPS) is 11.2. The number of H-pyrrole nitrogens is 1. The van der Waals surface area contributed by atoms with Gasteiger partial charge in [-0.2, -0.15) is 0 Å². The van der Waals surface area contributed by atoms with Gasteiger partial charge >= 0.3 is 0 Å². The molecule has 0 aliphatic rings. The third-order valence-corrected chi connectivity index (χ3v) is 3.64. The van der Waals surface area contributed by atoms with Crippen LogP contribution in [0.4, 0.5) is 0 Å². The van der Waals surface area contributed by atoms with E-state index in [2.05, 4.69) is 20.9 Å². The zero-order valence-electron chi connectivity index (χ0n) is 10.6. The Balaban J connectivity index is 1.89. The van der Waals surface area contributed by atoms with E-state index >= 15 is 0 Å². The number of nitrogens with one attached hydrogen (secondary N) is 1. The van der Waals surface area contributed by atoms with Gasteiger partial charge in [-0.3, -0.25) is 4.79 Å². The van der Waals surface area contributed by atoms with Crippen LogP contribution in [0.15, 0.2) is 65.3 Å². The Hall–Kier alpha value is -2.13. The zero-order chi connectivity index (χ0) is 13.9. The summed E-state index contributed by atoms with van der Waals surface area (Å²) in [4.78, 5) is 15.3. The molecule has 0 saturated heterocycles. The molecule has 0 unspecified atom stereocenters. The summed E-state index contributed by atoms with van der Waals surface area (Å²) in [5.74, 6) is -0.00317. The van der Waals surface area contributed by atoms with Crippen molar-refractivity contribution in [2.45, 2.75) is 0 Å². The van der Waals surface area contributed by atoms with E-state index in [0.29, 0.717) is 5.56 Å². The van der Waals surface area contributed by atoms with Gasteiger partial charge < -0.3 is 4.98 Å². The number of rotatable bonds is 3. The lowest BCUT2D eigenvalue weighted by Gasteiger charge is -1.96. The molecule has 2 aromatic carbocycles. The quantitative estimate of drug-likeness (QED) is 0.543. The molecule has 0 saturated carbocycles. The topological polar surface area (TPSA) is 32.9 Å². The number of halogens is 1. The first-order valence-corrected chi connectivity index (χ1v) is 7.07. The largest absolute Gasteiger partial charge is 0.361 e. The van der Waals surface area contributed by atoms with Crippen LogP contribution in [-0.4, -0.2) is 10.8 Å². The lowest BCUT2D eigenvalue weighted by molar-refractivity contribution is 0.104. The van der Waals surface area contributed by atoms with Gasteiger partial charge in [-0.25, -0.2) is 0 Å². The Labute approximate surface area is 125 Å². The number of aromatic nitrogens is 1. The molecule has 3 rings (SSSR count). The van der Waals surface area contributed by atoms with Crippen LogP contribution in [0.5, 0.6) is 0 Å². The second-order valence-corrected chi connectivity index (χ2v) is 5.41. The molecule has 1 N–H and O–H groups in total. The molecule has 3 aromatic rings. The van der Waals surface area contributed by atoms with Crippen LogP contribution in [0.2, 0.25) is 0 Å². The number of benzene rings is 2. The van der Waals surface area contributed by atoms with Crippen LogP contribution in [0.3, 0.4) is 0 Å². The molecule has 1 aromatic heterocycles. The van der Waals surface area contributed by atoms with Gasteiger partial charge in [0, 0.05) is 27.1 Å². The Morgan fingerprint density at radius 2 is 1.95 bits per heavy atom. The van der Waals surface area contributed by atoms with E-state index in [0.717, 1.165) is 20.9 Å². The molecule has 0 spiro atoms. The van der Waals surface area contributed by atoms with Crippen molar-refractivity contribution in [2.75, 3.05) is 0 Å². The summed E-state index contributed by atoms with van der Waals surface area (Å²) in [5.41, 5.74) is 2.77. The summed E-state index contributed by atoms with van der Waals surface area (Å²) in [7, 11) is 0. The minimum absolute atomic E-state index is 0.00317. The van der Waals surface area contributed by atoms with Gasteiger partial charge in [0.15, 0.2) is 5.78 Å². The Morgan fingerprint density at radius 1 is 1.10 bits per heavy atom. The number of carbonyl (C=O) groups excluding carboxylic acids is 1. The van der Waals surface area contributed by atoms with E-state index in [1.54, 1.807) is 6.08 Å². The van der Waals surface area contributed by atoms with Crippen molar-refractivity contribution in [1.82, 2.24) is 4.98 Å². The Morgan fingerprint density at radius 3 is 2.80 bits per heavy atom. The first-order chi connectivity index (χ1) is 9.74. The van der Waals surface area contributed by atoms with E-state index in [1.807, 2.05) is 60.8 Å². The summed E-state index contributed by atoms with van der Waals surface area (Å²) in [5, 5.41) is 1.12. The SMILES string of the molecule is O=C(C=Cc1c[nH]c2ccccc12)c1cccc(Br)c1. The number of ketones is 1. The lowest BCUT2D eigenvalue weighted by Crippen LogP contribution is -1.93. The standard InChI is InChI=1S/C17H12BrNO/c18-14-5-3-4-12(10-14)17(20)9-8-13-11-19-16-7-2-1-6-15(13)16/h1-11,19H. The second-order valence-electron chi connectivity index (χ2n) is 4.50. The van der Waals surface area contributed by atoms with Gasteiger partial charge in [0.25, 0.3) is 0 Å². The molecule has 3 heteroatoms. The average Bonchev–Trinajstić information content (AvgIpc) is 2.88. The van der Waals surface area contributed by atoms with E-state index < -0.39 is 0 Å². The number of para-hydroxylation sites is 1. The van der Waals surface area contributed by atoms with Gasteiger partial charge in [-0.05, 0) is 35.9 Å². The third-order valence-electron chi connectivity index (χ3n) is 3.14. The maximum absolute atomic E-state index is 12.1. The average molecular weight is 326 g/mol. The van der Waals surface area contributed by atoms with Gasteiger partial charge in [0.2, 0.25) is 0 Å². The van der Waals surface area contributed by atoms with Gasteiger partial charge in [-0.15, -0.1) is 0 Å². The van der Waals surface area contributed by atoms with Gasteiger partial charge in [0.1, 0.15) is 0 Å². The highest BCUT2D eigenvalue weighted by atomic mass is 79.9. The smallest absolute Gasteiger partial charge is 0.185 e. The Bertz CT molecular complexity index is 801. The molecule has 1 heterocycles. The predicted molar refractivity (Wildman–Crippen MR) is 85.8 cm³/mol. The second kappa shape index (κ2) is 5.47. The van der Waals surface area contributed by atoms with Crippen LogP contribution in [-0.2, 0) is 0 Å². The summed E-state index contributed by atoms with van der Waals surface area (Å²) < 4.78 is 0.906. The highest BCUT2D eigenvalue weighted by Gasteiger charge is 2.03. The minimum atomic E-state index is -0.00317. The van der Waals surface area contributed by atoms with Crippen LogP contribution in [0.25, 0.3) is 17.0 Å². The van der Waals surface area contributed by atoms with Crippen LogP contribution < -0.4 is 0 Å². The first kappa shape index (κ1) is 12.9. The lowest BCUT2D eigenvalue weighted by atomic mass is 10.1. The van der Waals surface area contributed by atoms with Crippen molar-refractivity contribution in [3.63, 3.8) is 0 Å². The highest BCUT2D eigenvalue weighted by Crippen LogP contribution is 2.19. The van der Waals surface area contributed by atoms with Crippen LogP contribution in [0, 0.1) is 0 Å². The fourth-order valence-electron chi connectivity index (χ4n) is 2.14. The molecule has 0 fully saturated rings. The van der Waals surface area contributed by atoms with E-state index in [9.17, 15) is 4.79 Å².